The van der Waals surface area contributed by atoms with Gasteiger partial charge in [0, 0.05) is 30.8 Å². The van der Waals surface area contributed by atoms with Gasteiger partial charge in [-0.1, -0.05) is 6.07 Å². The molecule has 116 valence electrons. The molecule has 1 aliphatic carbocycles. The predicted octanol–water partition coefficient (Wildman–Crippen LogP) is 3.31. The molecule has 0 aliphatic heterocycles. The highest BCUT2D eigenvalue weighted by molar-refractivity contribution is 5.38. The molecule has 0 amide bonds. The summed E-state index contributed by atoms with van der Waals surface area (Å²) in [6.07, 6.45) is 1.01. The quantitative estimate of drug-likeness (QED) is 0.887. The van der Waals surface area contributed by atoms with Crippen LogP contribution in [0, 0.1) is 0 Å². The predicted molar refractivity (Wildman–Crippen MR) is 77.1 cm³/mol. The van der Waals surface area contributed by atoms with Crippen LogP contribution in [0.1, 0.15) is 42.3 Å². The van der Waals surface area contributed by atoms with E-state index < -0.39 is 6.43 Å². The van der Waals surface area contributed by atoms with Gasteiger partial charge >= 0.3 is 0 Å². The molecule has 22 heavy (non-hydrogen) atoms. The number of alkyl halides is 2. The molecule has 0 spiro atoms. The highest BCUT2D eigenvalue weighted by Gasteiger charge is 2.28. The normalized spacial score (nSPS) is 14.2. The third-order valence-electron chi connectivity index (χ3n) is 3.41. The van der Waals surface area contributed by atoms with E-state index in [-0.39, 0.29) is 11.6 Å². The molecule has 0 saturated heterocycles. The number of pyridine rings is 1. The molecule has 7 heteroatoms. The molecule has 3 rings (SSSR count). The maximum absolute atomic E-state index is 12.9. The molecule has 0 unspecified atom stereocenters. The van der Waals surface area contributed by atoms with Crippen molar-refractivity contribution in [2.45, 2.75) is 31.7 Å². The molecular formula is C15H16F2N4O. The summed E-state index contributed by atoms with van der Waals surface area (Å²) >= 11 is 0. The van der Waals surface area contributed by atoms with Gasteiger partial charge in [0.05, 0.1) is 7.11 Å². The molecule has 0 atom stereocenters. The molecule has 0 bridgehead atoms. The Morgan fingerprint density at radius 2 is 2.14 bits per heavy atom. The number of ether oxygens (including phenoxy) is 1. The molecule has 2 heterocycles. The van der Waals surface area contributed by atoms with Gasteiger partial charge in [0.15, 0.2) is 0 Å². The van der Waals surface area contributed by atoms with E-state index in [1.54, 1.807) is 19.4 Å². The zero-order valence-electron chi connectivity index (χ0n) is 12.1. The van der Waals surface area contributed by atoms with Crippen molar-refractivity contribution in [1.82, 2.24) is 15.0 Å². The summed E-state index contributed by atoms with van der Waals surface area (Å²) in [6.45, 7) is 0.445. The van der Waals surface area contributed by atoms with Gasteiger partial charge in [0.2, 0.25) is 5.88 Å². The largest absolute Gasteiger partial charge is 0.481 e. The van der Waals surface area contributed by atoms with Crippen molar-refractivity contribution in [3.8, 4) is 5.88 Å². The Morgan fingerprint density at radius 1 is 1.32 bits per heavy atom. The average molecular weight is 306 g/mol. The van der Waals surface area contributed by atoms with Gasteiger partial charge in [-0.15, -0.1) is 0 Å². The Balaban J connectivity index is 1.73. The fourth-order valence-electron chi connectivity index (χ4n) is 2.04. The molecule has 5 nitrogen and oxygen atoms in total. The van der Waals surface area contributed by atoms with Crippen LogP contribution in [0.25, 0.3) is 0 Å². The van der Waals surface area contributed by atoms with Crippen molar-refractivity contribution >= 4 is 5.82 Å². The number of hydrogen-bond donors (Lipinski definition) is 1. The molecule has 1 saturated carbocycles. The van der Waals surface area contributed by atoms with Gasteiger partial charge < -0.3 is 10.1 Å². The smallest absolute Gasteiger partial charge is 0.280 e. The summed E-state index contributed by atoms with van der Waals surface area (Å²) in [6, 6.07) is 4.90. The van der Waals surface area contributed by atoms with Gasteiger partial charge in [0.1, 0.15) is 17.3 Å². The number of rotatable bonds is 6. The molecule has 1 fully saturated rings. The highest BCUT2D eigenvalue weighted by Crippen LogP contribution is 2.39. The maximum Gasteiger partial charge on any atom is 0.280 e. The van der Waals surface area contributed by atoms with E-state index in [0.717, 1.165) is 18.4 Å². The van der Waals surface area contributed by atoms with Gasteiger partial charge in [-0.3, -0.25) is 0 Å². The van der Waals surface area contributed by atoms with Crippen molar-refractivity contribution in [2.24, 2.45) is 0 Å². The monoisotopic (exact) mass is 306 g/mol. The summed E-state index contributed by atoms with van der Waals surface area (Å²) in [4.78, 5) is 12.4. The Hall–Kier alpha value is -2.31. The van der Waals surface area contributed by atoms with Crippen molar-refractivity contribution in [1.29, 1.82) is 0 Å². The topological polar surface area (TPSA) is 59.9 Å². The van der Waals surface area contributed by atoms with E-state index in [9.17, 15) is 8.78 Å². The number of hydrogen-bond acceptors (Lipinski definition) is 5. The van der Waals surface area contributed by atoms with Crippen LogP contribution in [0.4, 0.5) is 14.6 Å². The molecule has 0 radical (unpaired) electrons. The Kier molecular flexibility index (Phi) is 4.13. The summed E-state index contributed by atoms with van der Waals surface area (Å²) in [5, 5.41) is 3.05. The van der Waals surface area contributed by atoms with Crippen LogP contribution in [-0.2, 0) is 6.54 Å². The first-order chi connectivity index (χ1) is 10.7. The van der Waals surface area contributed by atoms with Crippen molar-refractivity contribution in [3.05, 3.63) is 41.5 Å². The van der Waals surface area contributed by atoms with Crippen LogP contribution in [-0.4, -0.2) is 22.1 Å². The third kappa shape index (κ3) is 3.47. The Morgan fingerprint density at radius 3 is 2.73 bits per heavy atom. The molecule has 2 aromatic rings. The SMILES string of the molecule is COc1ccc(CNc2cc(C(F)F)nc(C3CC3)n2)cn1. The van der Waals surface area contributed by atoms with Gasteiger partial charge in [-0.05, 0) is 18.4 Å². The van der Waals surface area contributed by atoms with Gasteiger partial charge in [-0.25, -0.2) is 23.7 Å². The fraction of sp³-hybridized carbons (Fsp3) is 0.400. The van der Waals surface area contributed by atoms with Crippen molar-refractivity contribution in [3.63, 3.8) is 0 Å². The standard InChI is InChI=1S/C15H16F2N4O/c1-22-13-5-2-9(8-19-13)7-18-12-6-11(14(16)17)20-15(21-12)10-3-4-10/h2,5-6,8,10,14H,3-4,7H2,1H3,(H,18,20,21). The number of anilines is 1. The zero-order valence-corrected chi connectivity index (χ0v) is 12.1. The second kappa shape index (κ2) is 6.21. The lowest BCUT2D eigenvalue weighted by Gasteiger charge is -2.09. The van der Waals surface area contributed by atoms with Crippen LogP contribution in [0.3, 0.4) is 0 Å². The maximum atomic E-state index is 12.9. The highest BCUT2D eigenvalue weighted by atomic mass is 19.3. The lowest BCUT2D eigenvalue weighted by molar-refractivity contribution is 0.145. The Bertz CT molecular complexity index is 624. The first kappa shape index (κ1) is 14.6. The molecule has 0 aromatic carbocycles. The molecule has 1 N–H and O–H groups in total. The molecule has 1 aliphatic rings. The minimum Gasteiger partial charge on any atom is -0.481 e. The van der Waals surface area contributed by atoms with Gasteiger partial charge in [-0.2, -0.15) is 0 Å². The summed E-state index contributed by atoms with van der Waals surface area (Å²) < 4.78 is 30.8. The second-order valence-corrected chi connectivity index (χ2v) is 5.17. The van der Waals surface area contributed by atoms with E-state index in [1.165, 1.54) is 6.07 Å². The van der Waals surface area contributed by atoms with Crippen LogP contribution >= 0.6 is 0 Å². The third-order valence-corrected chi connectivity index (χ3v) is 3.41. The number of methoxy groups -OCH3 is 1. The van der Waals surface area contributed by atoms with E-state index in [1.807, 2.05) is 6.07 Å². The minimum atomic E-state index is -2.59. The molecule has 2 aromatic heterocycles. The van der Waals surface area contributed by atoms with E-state index in [4.69, 9.17) is 4.74 Å². The van der Waals surface area contributed by atoms with Crippen molar-refractivity contribution in [2.75, 3.05) is 12.4 Å². The summed E-state index contributed by atoms with van der Waals surface area (Å²) in [7, 11) is 1.55. The zero-order chi connectivity index (χ0) is 15.5. The number of nitrogens with zero attached hydrogens (tertiary/aromatic N) is 3. The van der Waals surface area contributed by atoms with Gasteiger partial charge in [0.25, 0.3) is 6.43 Å². The number of nitrogens with one attached hydrogen (secondary N) is 1. The van der Waals surface area contributed by atoms with Crippen molar-refractivity contribution < 1.29 is 13.5 Å². The average Bonchev–Trinajstić information content (AvgIpc) is 3.38. The minimum absolute atomic E-state index is 0.224. The van der Waals surface area contributed by atoms with Crippen LogP contribution in [0.15, 0.2) is 24.4 Å². The fourth-order valence-corrected chi connectivity index (χ4v) is 2.04. The van der Waals surface area contributed by atoms with Crippen LogP contribution < -0.4 is 10.1 Å². The lowest BCUT2D eigenvalue weighted by atomic mass is 10.3. The van der Waals surface area contributed by atoms with Crippen LogP contribution in [0.2, 0.25) is 0 Å². The first-order valence-corrected chi connectivity index (χ1v) is 7.05. The number of halogens is 2. The lowest BCUT2D eigenvalue weighted by Crippen LogP contribution is -2.07. The number of aromatic nitrogens is 3. The second-order valence-electron chi connectivity index (χ2n) is 5.17. The van der Waals surface area contributed by atoms with Crippen LogP contribution in [0.5, 0.6) is 5.88 Å². The summed E-state index contributed by atoms with van der Waals surface area (Å²) in [5.74, 6) is 1.68. The van der Waals surface area contributed by atoms with E-state index in [0.29, 0.717) is 24.1 Å². The Labute approximate surface area is 126 Å². The van der Waals surface area contributed by atoms with E-state index >= 15 is 0 Å². The van der Waals surface area contributed by atoms with E-state index in [2.05, 4.69) is 20.3 Å². The summed E-state index contributed by atoms with van der Waals surface area (Å²) in [5.41, 5.74) is 0.679. The first-order valence-electron chi connectivity index (χ1n) is 7.05. The molecular weight excluding hydrogens is 290 g/mol.